The van der Waals surface area contributed by atoms with E-state index < -0.39 is 0 Å². The molecule has 4 rings (SSSR count). The zero-order valence-electron chi connectivity index (χ0n) is 17.2. The van der Waals surface area contributed by atoms with Crippen LogP contribution in [0.2, 0.25) is 0 Å². The third kappa shape index (κ3) is 3.74. The van der Waals surface area contributed by atoms with Gasteiger partial charge in [0, 0.05) is 28.8 Å². The number of nitrogens with zero attached hydrogens (tertiary/aromatic N) is 2. The number of benzene rings is 3. The number of imidazole rings is 1. The van der Waals surface area contributed by atoms with Crippen molar-refractivity contribution in [2.24, 2.45) is 0 Å². The van der Waals surface area contributed by atoms with Crippen LogP contribution >= 0.6 is 0 Å². The Kier molecular flexibility index (Phi) is 5.19. The van der Waals surface area contributed by atoms with E-state index in [1.165, 1.54) is 11.6 Å². The predicted molar refractivity (Wildman–Crippen MR) is 120 cm³/mol. The smallest absolute Gasteiger partial charge is 0.270 e. The monoisotopic (exact) mass is 397 g/mol. The molecule has 0 radical (unpaired) electrons. The van der Waals surface area contributed by atoms with E-state index in [1.807, 2.05) is 37.3 Å². The van der Waals surface area contributed by atoms with Crippen molar-refractivity contribution in [3.63, 3.8) is 0 Å². The SMILES string of the molecule is Cc1ccc([N+](=O)[O-])cc1-c1[nH]c(-c2ccc(C(C)C)cc2)nc1-c1ccccc1. The first-order chi connectivity index (χ1) is 14.4. The van der Waals surface area contributed by atoms with Crippen LogP contribution in [0.15, 0.2) is 72.8 Å². The van der Waals surface area contributed by atoms with Gasteiger partial charge in [0.1, 0.15) is 5.82 Å². The van der Waals surface area contributed by atoms with E-state index in [0.717, 1.165) is 39.5 Å². The number of aromatic nitrogens is 2. The molecule has 0 atom stereocenters. The highest BCUT2D eigenvalue weighted by molar-refractivity contribution is 5.83. The number of hydrogen-bond donors (Lipinski definition) is 1. The Morgan fingerprint density at radius 1 is 0.933 bits per heavy atom. The van der Waals surface area contributed by atoms with Crippen LogP contribution in [0.5, 0.6) is 0 Å². The summed E-state index contributed by atoms with van der Waals surface area (Å²) in [7, 11) is 0. The Labute approximate surface area is 175 Å². The van der Waals surface area contributed by atoms with E-state index in [9.17, 15) is 10.1 Å². The Morgan fingerprint density at radius 2 is 1.63 bits per heavy atom. The Balaban J connectivity index is 1.90. The first kappa shape index (κ1) is 19.6. The van der Waals surface area contributed by atoms with Crippen LogP contribution in [0.4, 0.5) is 5.69 Å². The van der Waals surface area contributed by atoms with Crippen molar-refractivity contribution in [3.05, 3.63) is 94.0 Å². The summed E-state index contributed by atoms with van der Waals surface area (Å²) < 4.78 is 0. The highest BCUT2D eigenvalue weighted by atomic mass is 16.6. The minimum absolute atomic E-state index is 0.0621. The van der Waals surface area contributed by atoms with Crippen LogP contribution in [0, 0.1) is 17.0 Å². The number of aryl methyl sites for hydroxylation is 1. The molecule has 0 saturated heterocycles. The standard InChI is InChI=1S/C25H23N3O2/c1-16(2)18-10-12-20(13-11-18)25-26-23(19-7-5-4-6-8-19)24(27-25)22-15-21(28(29)30)14-9-17(22)3/h4-16H,1-3H3,(H,26,27). The van der Waals surface area contributed by atoms with Gasteiger partial charge in [0.05, 0.1) is 16.3 Å². The van der Waals surface area contributed by atoms with Crippen molar-refractivity contribution in [1.82, 2.24) is 9.97 Å². The van der Waals surface area contributed by atoms with Crippen molar-refractivity contribution in [2.45, 2.75) is 26.7 Å². The highest BCUT2D eigenvalue weighted by Gasteiger charge is 2.19. The number of nitrogens with one attached hydrogen (secondary N) is 1. The second kappa shape index (κ2) is 7.95. The topological polar surface area (TPSA) is 71.8 Å². The lowest BCUT2D eigenvalue weighted by Gasteiger charge is -2.07. The van der Waals surface area contributed by atoms with Gasteiger partial charge in [0.25, 0.3) is 5.69 Å². The number of nitro benzene ring substituents is 1. The maximum absolute atomic E-state index is 11.3. The fraction of sp³-hybridized carbons (Fsp3) is 0.160. The molecule has 0 fully saturated rings. The lowest BCUT2D eigenvalue weighted by molar-refractivity contribution is -0.384. The molecule has 1 N–H and O–H groups in total. The average molecular weight is 397 g/mol. The number of aromatic amines is 1. The van der Waals surface area contributed by atoms with Crippen molar-refractivity contribution >= 4 is 5.69 Å². The second-order valence-electron chi connectivity index (χ2n) is 7.71. The van der Waals surface area contributed by atoms with E-state index in [2.05, 4.69) is 43.1 Å². The van der Waals surface area contributed by atoms with E-state index >= 15 is 0 Å². The molecule has 150 valence electrons. The quantitative estimate of drug-likeness (QED) is 0.299. The molecule has 4 aromatic rings. The van der Waals surface area contributed by atoms with Crippen molar-refractivity contribution in [3.8, 4) is 33.9 Å². The minimum Gasteiger partial charge on any atom is -0.337 e. The van der Waals surface area contributed by atoms with E-state index in [-0.39, 0.29) is 10.6 Å². The Hall–Kier alpha value is -3.73. The first-order valence-electron chi connectivity index (χ1n) is 9.95. The molecule has 0 aliphatic rings. The largest absolute Gasteiger partial charge is 0.337 e. The molecule has 0 saturated carbocycles. The number of H-pyrrole nitrogens is 1. The van der Waals surface area contributed by atoms with Gasteiger partial charge in [-0.3, -0.25) is 10.1 Å². The summed E-state index contributed by atoms with van der Waals surface area (Å²) in [6.07, 6.45) is 0. The van der Waals surface area contributed by atoms with Crippen molar-refractivity contribution < 1.29 is 4.92 Å². The van der Waals surface area contributed by atoms with Crippen LogP contribution in [-0.2, 0) is 0 Å². The summed E-state index contributed by atoms with van der Waals surface area (Å²) in [6.45, 7) is 6.28. The molecule has 5 nitrogen and oxygen atoms in total. The van der Waals surface area contributed by atoms with Gasteiger partial charge in [-0.15, -0.1) is 0 Å². The Morgan fingerprint density at radius 3 is 2.27 bits per heavy atom. The van der Waals surface area contributed by atoms with Gasteiger partial charge in [-0.25, -0.2) is 4.98 Å². The second-order valence-corrected chi connectivity index (χ2v) is 7.71. The van der Waals surface area contributed by atoms with Gasteiger partial charge in [0.15, 0.2) is 0 Å². The zero-order valence-corrected chi connectivity index (χ0v) is 17.2. The molecule has 0 aliphatic heterocycles. The number of non-ortho nitro benzene ring substituents is 1. The van der Waals surface area contributed by atoms with E-state index in [1.54, 1.807) is 12.1 Å². The van der Waals surface area contributed by atoms with Crippen LogP contribution in [0.1, 0.15) is 30.9 Å². The average Bonchev–Trinajstić information content (AvgIpc) is 3.20. The first-order valence-corrected chi connectivity index (χ1v) is 9.95. The third-order valence-electron chi connectivity index (χ3n) is 5.30. The minimum atomic E-state index is -0.368. The van der Waals surface area contributed by atoms with E-state index in [0.29, 0.717) is 5.92 Å². The van der Waals surface area contributed by atoms with Crippen LogP contribution in [0.3, 0.4) is 0 Å². The van der Waals surface area contributed by atoms with Gasteiger partial charge in [-0.1, -0.05) is 74.5 Å². The molecular weight excluding hydrogens is 374 g/mol. The summed E-state index contributed by atoms with van der Waals surface area (Å²) >= 11 is 0. The number of nitro groups is 1. The molecule has 5 heteroatoms. The number of hydrogen-bond acceptors (Lipinski definition) is 3. The zero-order chi connectivity index (χ0) is 21.3. The molecule has 0 amide bonds. The molecular formula is C25H23N3O2. The van der Waals surface area contributed by atoms with Gasteiger partial charge in [-0.2, -0.15) is 0 Å². The fourth-order valence-corrected chi connectivity index (χ4v) is 3.53. The van der Waals surface area contributed by atoms with Crippen molar-refractivity contribution in [2.75, 3.05) is 0 Å². The molecule has 30 heavy (non-hydrogen) atoms. The highest BCUT2D eigenvalue weighted by Crippen LogP contribution is 2.36. The van der Waals surface area contributed by atoms with Gasteiger partial charge in [0.2, 0.25) is 0 Å². The maximum Gasteiger partial charge on any atom is 0.270 e. The summed E-state index contributed by atoms with van der Waals surface area (Å²) in [4.78, 5) is 19.3. The molecule has 1 aromatic heterocycles. The maximum atomic E-state index is 11.3. The molecule has 1 heterocycles. The van der Waals surface area contributed by atoms with Crippen LogP contribution < -0.4 is 0 Å². The summed E-state index contributed by atoms with van der Waals surface area (Å²) in [5, 5.41) is 11.3. The molecule has 0 spiro atoms. The van der Waals surface area contributed by atoms with Gasteiger partial charge in [-0.05, 0) is 24.0 Å². The molecule has 0 bridgehead atoms. The van der Waals surface area contributed by atoms with Gasteiger partial charge < -0.3 is 4.98 Å². The lowest BCUT2D eigenvalue weighted by atomic mass is 10.0. The van der Waals surface area contributed by atoms with Crippen molar-refractivity contribution in [1.29, 1.82) is 0 Å². The number of rotatable bonds is 5. The van der Waals surface area contributed by atoms with Gasteiger partial charge >= 0.3 is 0 Å². The van der Waals surface area contributed by atoms with E-state index in [4.69, 9.17) is 4.98 Å². The summed E-state index contributed by atoms with van der Waals surface area (Å²) in [6, 6.07) is 23.2. The normalized spacial score (nSPS) is 11.1. The van der Waals surface area contributed by atoms with Crippen LogP contribution in [-0.4, -0.2) is 14.9 Å². The summed E-state index contributed by atoms with van der Waals surface area (Å²) in [5.74, 6) is 1.20. The lowest BCUT2D eigenvalue weighted by Crippen LogP contribution is -1.92. The molecule has 0 unspecified atom stereocenters. The third-order valence-corrected chi connectivity index (χ3v) is 5.30. The molecule has 3 aromatic carbocycles. The molecule has 0 aliphatic carbocycles. The fourth-order valence-electron chi connectivity index (χ4n) is 3.53. The Bertz CT molecular complexity index is 1190. The summed E-state index contributed by atoms with van der Waals surface area (Å²) in [5.41, 5.74) is 6.55. The van der Waals surface area contributed by atoms with Crippen LogP contribution in [0.25, 0.3) is 33.9 Å². The predicted octanol–water partition coefficient (Wildman–Crippen LogP) is 6.75.